The lowest BCUT2D eigenvalue weighted by atomic mass is 10.1. The van der Waals surface area contributed by atoms with Gasteiger partial charge in [0.1, 0.15) is 12.9 Å². The highest BCUT2D eigenvalue weighted by atomic mass is 16.6. The number of hydrogen-bond acceptors (Lipinski definition) is 3. The van der Waals surface area contributed by atoms with E-state index in [-0.39, 0.29) is 5.75 Å². The van der Waals surface area contributed by atoms with E-state index >= 15 is 0 Å². The predicted molar refractivity (Wildman–Crippen MR) is 47.3 cm³/mol. The molecule has 12 heavy (non-hydrogen) atoms. The molecule has 0 unspecified atom stereocenters. The highest BCUT2D eigenvalue weighted by Crippen LogP contribution is 2.11. The lowest BCUT2D eigenvalue weighted by Crippen LogP contribution is -1.94. The van der Waals surface area contributed by atoms with Gasteiger partial charge in [-0.3, -0.25) is 0 Å². The number of benzene rings is 1. The molecule has 0 spiro atoms. The number of hydrogen-bond donors (Lipinski definition) is 1. The van der Waals surface area contributed by atoms with Crippen LogP contribution in [0.4, 0.5) is 0 Å². The zero-order chi connectivity index (χ0) is 8.97. The Balaban J connectivity index is 2.95. The second-order valence-corrected chi connectivity index (χ2v) is 2.41. The molecule has 0 aliphatic carbocycles. The smallest absolute Gasteiger partial charge is 0.116 e. The third kappa shape index (κ3) is 1.99. The molecule has 0 saturated heterocycles. The Morgan fingerprint density at radius 3 is 2.83 bits per heavy atom. The number of phenols is 1. The minimum absolute atomic E-state index is 0.234. The molecule has 0 aliphatic rings. The Bertz CT molecular complexity index is 294. The van der Waals surface area contributed by atoms with Crippen molar-refractivity contribution < 1.29 is 9.94 Å². The molecular weight excluding hydrogens is 154 g/mol. The van der Waals surface area contributed by atoms with Crippen LogP contribution in [0.15, 0.2) is 29.4 Å². The standard InChI is InChI=1S/C9H11NO2/c1-7(10-12-2)8-4-3-5-9(11)6-8/h3-6,11H,1-2H3. The van der Waals surface area contributed by atoms with Gasteiger partial charge in [-0.25, -0.2) is 0 Å². The zero-order valence-corrected chi connectivity index (χ0v) is 7.11. The zero-order valence-electron chi connectivity index (χ0n) is 7.11. The summed E-state index contributed by atoms with van der Waals surface area (Å²) in [6.07, 6.45) is 0. The summed E-state index contributed by atoms with van der Waals surface area (Å²) in [4.78, 5) is 4.60. The average Bonchev–Trinajstić information content (AvgIpc) is 2.05. The van der Waals surface area contributed by atoms with Crippen LogP contribution in [0.5, 0.6) is 5.75 Å². The van der Waals surface area contributed by atoms with Crippen LogP contribution in [0.1, 0.15) is 12.5 Å². The fraction of sp³-hybridized carbons (Fsp3) is 0.222. The third-order valence-corrected chi connectivity index (χ3v) is 1.49. The van der Waals surface area contributed by atoms with Crippen molar-refractivity contribution in [3.8, 4) is 5.75 Å². The van der Waals surface area contributed by atoms with Crippen LogP contribution in [0.25, 0.3) is 0 Å². The lowest BCUT2D eigenvalue weighted by molar-refractivity contribution is 0.213. The van der Waals surface area contributed by atoms with Crippen LogP contribution >= 0.6 is 0 Å². The molecule has 0 amide bonds. The van der Waals surface area contributed by atoms with E-state index < -0.39 is 0 Å². The van der Waals surface area contributed by atoms with E-state index in [4.69, 9.17) is 5.11 Å². The van der Waals surface area contributed by atoms with Crippen molar-refractivity contribution in [3.63, 3.8) is 0 Å². The summed E-state index contributed by atoms with van der Waals surface area (Å²) in [5.74, 6) is 0.234. The minimum atomic E-state index is 0.234. The van der Waals surface area contributed by atoms with Crippen molar-refractivity contribution in [2.75, 3.05) is 7.11 Å². The fourth-order valence-corrected chi connectivity index (χ4v) is 0.921. The van der Waals surface area contributed by atoms with Gasteiger partial charge in [-0.1, -0.05) is 17.3 Å². The summed E-state index contributed by atoms with van der Waals surface area (Å²) in [6, 6.07) is 6.87. The minimum Gasteiger partial charge on any atom is -0.508 e. The summed E-state index contributed by atoms with van der Waals surface area (Å²) in [5, 5.41) is 12.9. The summed E-state index contributed by atoms with van der Waals surface area (Å²) in [6.45, 7) is 1.82. The number of phenolic OH excluding ortho intramolecular Hbond substituents is 1. The average molecular weight is 165 g/mol. The van der Waals surface area contributed by atoms with Gasteiger partial charge in [0, 0.05) is 5.56 Å². The lowest BCUT2D eigenvalue weighted by Gasteiger charge is -1.99. The summed E-state index contributed by atoms with van der Waals surface area (Å²) in [7, 11) is 1.49. The molecule has 3 nitrogen and oxygen atoms in total. The molecule has 1 N–H and O–H groups in total. The van der Waals surface area contributed by atoms with Crippen molar-refractivity contribution in [2.24, 2.45) is 5.16 Å². The van der Waals surface area contributed by atoms with Crippen molar-refractivity contribution in [2.45, 2.75) is 6.92 Å². The topological polar surface area (TPSA) is 41.8 Å². The summed E-state index contributed by atoms with van der Waals surface area (Å²) < 4.78 is 0. The predicted octanol–water partition coefficient (Wildman–Crippen LogP) is 1.76. The van der Waals surface area contributed by atoms with Gasteiger partial charge in [0.25, 0.3) is 0 Å². The SMILES string of the molecule is CON=C(C)c1cccc(O)c1. The maximum Gasteiger partial charge on any atom is 0.116 e. The van der Waals surface area contributed by atoms with Crippen LogP contribution < -0.4 is 0 Å². The van der Waals surface area contributed by atoms with E-state index in [1.54, 1.807) is 18.2 Å². The Labute approximate surface area is 71.3 Å². The van der Waals surface area contributed by atoms with E-state index in [1.807, 2.05) is 13.0 Å². The van der Waals surface area contributed by atoms with Gasteiger partial charge in [-0.15, -0.1) is 0 Å². The first-order valence-electron chi connectivity index (χ1n) is 3.61. The van der Waals surface area contributed by atoms with Crippen molar-refractivity contribution in [1.29, 1.82) is 0 Å². The van der Waals surface area contributed by atoms with Gasteiger partial charge < -0.3 is 9.94 Å². The van der Waals surface area contributed by atoms with Gasteiger partial charge in [0.05, 0.1) is 5.71 Å². The highest BCUT2D eigenvalue weighted by Gasteiger charge is 1.97. The van der Waals surface area contributed by atoms with Gasteiger partial charge >= 0.3 is 0 Å². The molecule has 0 aliphatic heterocycles. The van der Waals surface area contributed by atoms with Crippen LogP contribution in [0.2, 0.25) is 0 Å². The molecular formula is C9H11NO2. The Hall–Kier alpha value is -1.51. The van der Waals surface area contributed by atoms with Crippen molar-refractivity contribution in [3.05, 3.63) is 29.8 Å². The Morgan fingerprint density at radius 2 is 2.25 bits per heavy atom. The molecule has 64 valence electrons. The van der Waals surface area contributed by atoms with Crippen LogP contribution in [-0.2, 0) is 4.84 Å². The van der Waals surface area contributed by atoms with Crippen molar-refractivity contribution in [1.82, 2.24) is 0 Å². The van der Waals surface area contributed by atoms with Gasteiger partial charge in [-0.2, -0.15) is 0 Å². The molecule has 3 heteroatoms. The van der Waals surface area contributed by atoms with Gasteiger partial charge in [0.15, 0.2) is 0 Å². The van der Waals surface area contributed by atoms with E-state index in [0.29, 0.717) is 0 Å². The molecule has 1 aromatic carbocycles. The first-order chi connectivity index (χ1) is 5.74. The molecule has 1 aromatic rings. The van der Waals surface area contributed by atoms with Gasteiger partial charge in [0.2, 0.25) is 0 Å². The quantitative estimate of drug-likeness (QED) is 0.536. The second kappa shape index (κ2) is 3.76. The largest absolute Gasteiger partial charge is 0.508 e. The Morgan fingerprint density at radius 1 is 1.50 bits per heavy atom. The molecule has 0 heterocycles. The number of nitrogens with zero attached hydrogens (tertiary/aromatic N) is 1. The fourth-order valence-electron chi connectivity index (χ4n) is 0.921. The number of oxime groups is 1. The first-order valence-corrected chi connectivity index (χ1v) is 3.61. The summed E-state index contributed by atoms with van der Waals surface area (Å²) >= 11 is 0. The molecule has 0 fully saturated rings. The van der Waals surface area contributed by atoms with E-state index in [9.17, 15) is 0 Å². The monoisotopic (exact) mass is 165 g/mol. The van der Waals surface area contributed by atoms with Crippen LogP contribution in [0.3, 0.4) is 0 Å². The molecule has 1 rings (SSSR count). The molecule has 0 atom stereocenters. The third-order valence-electron chi connectivity index (χ3n) is 1.49. The van der Waals surface area contributed by atoms with Crippen molar-refractivity contribution >= 4 is 5.71 Å². The van der Waals surface area contributed by atoms with E-state index in [1.165, 1.54) is 7.11 Å². The number of rotatable bonds is 2. The van der Waals surface area contributed by atoms with Crippen LogP contribution in [-0.4, -0.2) is 17.9 Å². The Kier molecular flexibility index (Phi) is 2.69. The normalized spacial score (nSPS) is 11.3. The maximum absolute atomic E-state index is 9.13. The van der Waals surface area contributed by atoms with E-state index in [0.717, 1.165) is 11.3 Å². The highest BCUT2D eigenvalue weighted by molar-refractivity contribution is 5.98. The maximum atomic E-state index is 9.13. The number of aromatic hydroxyl groups is 1. The van der Waals surface area contributed by atoms with Gasteiger partial charge in [-0.05, 0) is 19.1 Å². The first kappa shape index (κ1) is 8.59. The van der Waals surface area contributed by atoms with Crippen LogP contribution in [0, 0.1) is 0 Å². The molecule has 0 aromatic heterocycles. The van der Waals surface area contributed by atoms with E-state index in [2.05, 4.69) is 9.99 Å². The molecule has 0 saturated carbocycles. The summed E-state index contributed by atoms with van der Waals surface area (Å²) in [5.41, 5.74) is 1.60. The molecule has 0 bridgehead atoms. The second-order valence-electron chi connectivity index (χ2n) is 2.41. The molecule has 0 radical (unpaired) electrons.